The summed E-state index contributed by atoms with van der Waals surface area (Å²) in [5, 5.41) is 13.1. The second-order valence-electron chi connectivity index (χ2n) is 7.40. The molecule has 3 aromatic rings. The molecule has 0 atom stereocenters. The standard InChI is InChI=1S/C22H23BrClN5O2S/c1-15-12-17(4-7-19(15)23)25-21(30)14-32-22-27-26-20(13-28-8-10-31-11-9-28)29(22)18-5-2-16(24)3-6-18/h2-7,12H,8-11,13-14H2,1H3,(H,25,30). The van der Waals surface area contributed by atoms with Gasteiger partial charge in [0.1, 0.15) is 0 Å². The average molecular weight is 537 g/mol. The number of nitrogens with one attached hydrogen (secondary N) is 1. The Balaban J connectivity index is 1.50. The maximum absolute atomic E-state index is 12.6. The first kappa shape index (κ1) is 23.3. The van der Waals surface area contributed by atoms with Crippen molar-refractivity contribution < 1.29 is 9.53 Å². The van der Waals surface area contributed by atoms with Crippen LogP contribution in [0.3, 0.4) is 0 Å². The second kappa shape index (κ2) is 10.8. The van der Waals surface area contributed by atoms with Gasteiger partial charge in [-0.05, 0) is 55.0 Å². The number of rotatable bonds is 7. The fraction of sp³-hybridized carbons (Fsp3) is 0.318. The molecule has 0 unspecified atom stereocenters. The van der Waals surface area contributed by atoms with Crippen LogP contribution in [0.25, 0.3) is 5.69 Å². The molecule has 10 heteroatoms. The van der Waals surface area contributed by atoms with Gasteiger partial charge in [-0.15, -0.1) is 10.2 Å². The van der Waals surface area contributed by atoms with E-state index in [9.17, 15) is 4.79 Å². The van der Waals surface area contributed by atoms with E-state index in [0.29, 0.717) is 29.9 Å². The highest BCUT2D eigenvalue weighted by Gasteiger charge is 2.20. The van der Waals surface area contributed by atoms with Crippen LogP contribution >= 0.6 is 39.3 Å². The summed E-state index contributed by atoms with van der Waals surface area (Å²) in [6.45, 7) is 5.78. The number of thioether (sulfide) groups is 1. The molecule has 1 N–H and O–H groups in total. The van der Waals surface area contributed by atoms with E-state index in [-0.39, 0.29) is 11.7 Å². The molecule has 168 valence electrons. The molecule has 2 aromatic carbocycles. The van der Waals surface area contributed by atoms with Crippen molar-refractivity contribution in [2.45, 2.75) is 18.6 Å². The van der Waals surface area contributed by atoms with E-state index in [1.165, 1.54) is 11.8 Å². The molecule has 7 nitrogen and oxygen atoms in total. The van der Waals surface area contributed by atoms with Gasteiger partial charge < -0.3 is 10.1 Å². The van der Waals surface area contributed by atoms with Crippen molar-refractivity contribution >= 4 is 50.9 Å². The highest BCUT2D eigenvalue weighted by Crippen LogP contribution is 2.25. The molecule has 1 fully saturated rings. The number of aryl methyl sites for hydroxylation is 1. The van der Waals surface area contributed by atoms with Gasteiger partial charge in [-0.1, -0.05) is 39.3 Å². The number of amides is 1. The minimum Gasteiger partial charge on any atom is -0.379 e. The van der Waals surface area contributed by atoms with Gasteiger partial charge in [-0.3, -0.25) is 14.3 Å². The third kappa shape index (κ3) is 5.90. The number of ether oxygens (including phenoxy) is 1. The average Bonchev–Trinajstić information content (AvgIpc) is 3.18. The van der Waals surface area contributed by atoms with Crippen LogP contribution in [0.1, 0.15) is 11.4 Å². The number of hydrogen-bond donors (Lipinski definition) is 1. The van der Waals surface area contributed by atoms with Crippen LogP contribution < -0.4 is 5.32 Å². The van der Waals surface area contributed by atoms with Gasteiger partial charge in [0.25, 0.3) is 0 Å². The smallest absolute Gasteiger partial charge is 0.234 e. The molecule has 1 aliphatic heterocycles. The lowest BCUT2D eigenvalue weighted by Crippen LogP contribution is -2.36. The number of halogens is 2. The lowest BCUT2D eigenvalue weighted by Gasteiger charge is -2.26. The largest absolute Gasteiger partial charge is 0.379 e. The Morgan fingerprint density at radius 1 is 1.19 bits per heavy atom. The van der Waals surface area contributed by atoms with Gasteiger partial charge in [0.2, 0.25) is 5.91 Å². The van der Waals surface area contributed by atoms with Crippen molar-refractivity contribution in [1.82, 2.24) is 19.7 Å². The number of hydrogen-bond acceptors (Lipinski definition) is 6. The number of aromatic nitrogens is 3. The fourth-order valence-corrected chi connectivity index (χ4v) is 4.50. The van der Waals surface area contributed by atoms with Gasteiger partial charge in [0, 0.05) is 34.0 Å². The number of carbonyl (C=O) groups is 1. The van der Waals surface area contributed by atoms with E-state index in [0.717, 1.165) is 40.3 Å². The van der Waals surface area contributed by atoms with Crippen LogP contribution in [0.4, 0.5) is 5.69 Å². The monoisotopic (exact) mass is 535 g/mol. The van der Waals surface area contributed by atoms with E-state index in [1.54, 1.807) is 0 Å². The third-order valence-electron chi connectivity index (χ3n) is 5.03. The Labute approximate surface area is 204 Å². The van der Waals surface area contributed by atoms with E-state index in [1.807, 2.05) is 54.0 Å². The summed E-state index contributed by atoms with van der Waals surface area (Å²) in [5.41, 5.74) is 2.74. The van der Waals surface area contributed by atoms with Crippen molar-refractivity contribution in [3.63, 3.8) is 0 Å². The Morgan fingerprint density at radius 2 is 1.94 bits per heavy atom. The summed E-state index contributed by atoms with van der Waals surface area (Å²) >= 11 is 10.9. The van der Waals surface area contributed by atoms with Crippen molar-refractivity contribution in [1.29, 1.82) is 0 Å². The number of carbonyl (C=O) groups excluding carboxylic acids is 1. The summed E-state index contributed by atoms with van der Waals surface area (Å²) in [6.07, 6.45) is 0. The quantitative estimate of drug-likeness (QED) is 0.447. The summed E-state index contributed by atoms with van der Waals surface area (Å²) < 4.78 is 8.45. The van der Waals surface area contributed by atoms with E-state index < -0.39 is 0 Å². The van der Waals surface area contributed by atoms with Gasteiger partial charge in [-0.25, -0.2) is 0 Å². The number of benzene rings is 2. The van der Waals surface area contributed by atoms with E-state index in [4.69, 9.17) is 16.3 Å². The van der Waals surface area contributed by atoms with Crippen LogP contribution in [0.2, 0.25) is 5.02 Å². The number of nitrogens with zero attached hydrogens (tertiary/aromatic N) is 4. The summed E-state index contributed by atoms with van der Waals surface area (Å²) in [7, 11) is 0. The van der Waals surface area contributed by atoms with Crippen molar-refractivity contribution in [2.75, 3.05) is 37.4 Å². The lowest BCUT2D eigenvalue weighted by molar-refractivity contribution is -0.113. The predicted octanol–water partition coefficient (Wildman–Crippen LogP) is 4.55. The van der Waals surface area contributed by atoms with Crippen molar-refractivity contribution in [3.05, 3.63) is 63.3 Å². The third-order valence-corrected chi connectivity index (χ3v) is 7.10. The first-order chi connectivity index (χ1) is 15.5. The SMILES string of the molecule is Cc1cc(NC(=O)CSc2nnc(CN3CCOCC3)n2-c2ccc(Cl)cc2)ccc1Br. The fourth-order valence-electron chi connectivity index (χ4n) is 3.35. The maximum Gasteiger partial charge on any atom is 0.234 e. The molecule has 0 bridgehead atoms. The molecular weight excluding hydrogens is 514 g/mol. The van der Waals surface area contributed by atoms with Gasteiger partial charge >= 0.3 is 0 Å². The second-order valence-corrected chi connectivity index (χ2v) is 9.63. The van der Waals surface area contributed by atoms with Crippen LogP contribution in [0, 0.1) is 6.92 Å². The molecule has 1 saturated heterocycles. The first-order valence-corrected chi connectivity index (χ1v) is 12.3. The lowest BCUT2D eigenvalue weighted by atomic mass is 10.2. The highest BCUT2D eigenvalue weighted by atomic mass is 79.9. The van der Waals surface area contributed by atoms with E-state index in [2.05, 4.69) is 36.3 Å². The zero-order valence-electron chi connectivity index (χ0n) is 17.6. The van der Waals surface area contributed by atoms with Crippen LogP contribution in [0.5, 0.6) is 0 Å². The molecule has 0 spiro atoms. The summed E-state index contributed by atoms with van der Waals surface area (Å²) in [5.74, 6) is 0.941. The first-order valence-electron chi connectivity index (χ1n) is 10.2. The molecule has 4 rings (SSSR count). The molecular formula is C22H23BrClN5O2S. The molecule has 0 saturated carbocycles. The molecule has 1 aliphatic rings. The highest BCUT2D eigenvalue weighted by molar-refractivity contribution is 9.10. The molecule has 1 amide bonds. The minimum absolute atomic E-state index is 0.0999. The van der Waals surface area contributed by atoms with Gasteiger partial charge in [0.05, 0.1) is 25.5 Å². The zero-order valence-corrected chi connectivity index (χ0v) is 20.7. The molecule has 0 radical (unpaired) electrons. The van der Waals surface area contributed by atoms with Crippen molar-refractivity contribution in [2.24, 2.45) is 0 Å². The molecule has 1 aromatic heterocycles. The van der Waals surface area contributed by atoms with Crippen LogP contribution in [-0.4, -0.2) is 57.6 Å². The Bertz CT molecular complexity index is 1090. The molecule has 2 heterocycles. The zero-order chi connectivity index (χ0) is 22.5. The molecule has 32 heavy (non-hydrogen) atoms. The molecule has 0 aliphatic carbocycles. The Morgan fingerprint density at radius 3 is 2.66 bits per heavy atom. The Kier molecular flexibility index (Phi) is 7.85. The normalized spacial score (nSPS) is 14.5. The topological polar surface area (TPSA) is 72.3 Å². The van der Waals surface area contributed by atoms with Crippen LogP contribution in [-0.2, 0) is 16.1 Å². The predicted molar refractivity (Wildman–Crippen MR) is 131 cm³/mol. The number of morpholine rings is 1. The minimum atomic E-state index is -0.0999. The number of anilines is 1. The summed E-state index contributed by atoms with van der Waals surface area (Å²) in [4.78, 5) is 14.8. The summed E-state index contributed by atoms with van der Waals surface area (Å²) in [6, 6.07) is 13.3. The maximum atomic E-state index is 12.6. The van der Waals surface area contributed by atoms with E-state index >= 15 is 0 Å². The van der Waals surface area contributed by atoms with Crippen molar-refractivity contribution in [3.8, 4) is 5.69 Å². The Hall–Kier alpha value is -1.91. The van der Waals surface area contributed by atoms with Crippen LogP contribution in [0.15, 0.2) is 52.1 Å². The van der Waals surface area contributed by atoms with Gasteiger partial charge in [0.15, 0.2) is 11.0 Å². The van der Waals surface area contributed by atoms with Gasteiger partial charge in [-0.2, -0.15) is 0 Å².